The highest BCUT2D eigenvalue weighted by molar-refractivity contribution is 5.96. The maximum atomic E-state index is 15.0. The number of halogens is 1. The Morgan fingerprint density at radius 2 is 1.78 bits per heavy atom. The topological polar surface area (TPSA) is 65.8 Å². The number of hydrogen-bond acceptors (Lipinski definition) is 4. The summed E-state index contributed by atoms with van der Waals surface area (Å²) in [5.41, 5.74) is 2.38. The summed E-state index contributed by atoms with van der Waals surface area (Å²) in [6.07, 6.45) is 2.47. The van der Waals surface area contributed by atoms with E-state index in [0.29, 0.717) is 12.0 Å². The highest BCUT2D eigenvalue weighted by Crippen LogP contribution is 2.57. The SMILES string of the molecule is CC1N(C)C(=O)c2c(O)c(=O)ccn2N1C12c3ccccc3CC1Cc1c(F)cccc12. The monoisotopic (exact) mass is 431 g/mol. The molecule has 3 aliphatic rings. The van der Waals surface area contributed by atoms with Crippen LogP contribution in [-0.4, -0.2) is 33.8 Å². The molecule has 1 aliphatic heterocycles. The minimum atomic E-state index is -0.751. The summed E-state index contributed by atoms with van der Waals surface area (Å²) < 4.78 is 16.6. The van der Waals surface area contributed by atoms with Crippen molar-refractivity contribution in [1.29, 1.82) is 0 Å². The van der Waals surface area contributed by atoms with E-state index in [1.807, 2.05) is 30.1 Å². The van der Waals surface area contributed by atoms with E-state index in [0.717, 1.165) is 17.5 Å². The lowest BCUT2D eigenvalue weighted by molar-refractivity contribution is 0.0586. The molecular weight excluding hydrogens is 409 g/mol. The molecule has 1 N–H and O–H groups in total. The summed E-state index contributed by atoms with van der Waals surface area (Å²) in [5.74, 6) is -1.20. The molecule has 0 bridgehead atoms. The van der Waals surface area contributed by atoms with E-state index >= 15 is 0 Å². The van der Waals surface area contributed by atoms with Crippen LogP contribution in [0, 0.1) is 11.7 Å². The van der Waals surface area contributed by atoms with E-state index in [1.54, 1.807) is 24.0 Å². The highest BCUT2D eigenvalue weighted by atomic mass is 19.1. The third-order valence-corrected chi connectivity index (χ3v) is 7.55. The van der Waals surface area contributed by atoms with E-state index in [9.17, 15) is 19.1 Å². The molecule has 7 heteroatoms. The molecule has 0 radical (unpaired) electrons. The first kappa shape index (κ1) is 19.1. The van der Waals surface area contributed by atoms with Gasteiger partial charge < -0.3 is 10.0 Å². The number of nitrogens with zero attached hydrogens (tertiary/aromatic N) is 3. The number of pyridine rings is 1. The lowest BCUT2D eigenvalue weighted by Gasteiger charge is -2.53. The number of fused-ring (bicyclic) bond motifs is 6. The Balaban J connectivity index is 1.74. The zero-order chi connectivity index (χ0) is 22.4. The zero-order valence-electron chi connectivity index (χ0n) is 17.7. The fourth-order valence-corrected chi connectivity index (χ4v) is 6.13. The van der Waals surface area contributed by atoms with E-state index in [2.05, 4.69) is 12.1 Å². The molecule has 0 saturated heterocycles. The summed E-state index contributed by atoms with van der Waals surface area (Å²) in [4.78, 5) is 26.9. The molecule has 3 atom stereocenters. The van der Waals surface area contributed by atoms with Gasteiger partial charge >= 0.3 is 0 Å². The van der Waals surface area contributed by atoms with Crippen LogP contribution in [0.4, 0.5) is 4.39 Å². The van der Waals surface area contributed by atoms with Gasteiger partial charge in [-0.1, -0.05) is 36.4 Å². The summed E-state index contributed by atoms with van der Waals surface area (Å²) in [6, 6.07) is 14.6. The minimum Gasteiger partial charge on any atom is -0.502 e. The fourth-order valence-electron chi connectivity index (χ4n) is 6.13. The second-order valence-corrected chi connectivity index (χ2v) is 8.91. The molecule has 1 aromatic heterocycles. The van der Waals surface area contributed by atoms with Crippen LogP contribution in [-0.2, 0) is 18.4 Å². The molecule has 0 fully saturated rings. The molecule has 6 rings (SSSR count). The average molecular weight is 431 g/mol. The van der Waals surface area contributed by atoms with Crippen molar-refractivity contribution in [3.63, 3.8) is 0 Å². The van der Waals surface area contributed by atoms with Crippen molar-refractivity contribution in [3.8, 4) is 5.75 Å². The Morgan fingerprint density at radius 3 is 2.59 bits per heavy atom. The van der Waals surface area contributed by atoms with Crippen LogP contribution in [0.2, 0.25) is 0 Å². The lowest BCUT2D eigenvalue weighted by atomic mass is 9.81. The maximum Gasteiger partial charge on any atom is 0.277 e. The minimum absolute atomic E-state index is 0.0327. The first-order chi connectivity index (χ1) is 15.4. The molecule has 1 amide bonds. The number of aromatic hydroxyl groups is 1. The van der Waals surface area contributed by atoms with Crippen LogP contribution in [0.15, 0.2) is 59.5 Å². The summed E-state index contributed by atoms with van der Waals surface area (Å²) in [7, 11) is 1.66. The number of carbonyl (C=O) groups excluding carboxylic acids is 1. The van der Waals surface area contributed by atoms with Gasteiger partial charge in [0.25, 0.3) is 5.91 Å². The van der Waals surface area contributed by atoms with Crippen molar-refractivity contribution in [2.75, 3.05) is 12.1 Å². The Morgan fingerprint density at radius 1 is 1.03 bits per heavy atom. The van der Waals surface area contributed by atoms with Gasteiger partial charge in [0, 0.05) is 25.2 Å². The third-order valence-electron chi connectivity index (χ3n) is 7.55. The summed E-state index contributed by atoms with van der Waals surface area (Å²) in [6.45, 7) is 1.92. The van der Waals surface area contributed by atoms with Crippen LogP contribution in [0.3, 0.4) is 0 Å². The molecule has 162 valence electrons. The van der Waals surface area contributed by atoms with Gasteiger partial charge in [0.1, 0.15) is 17.5 Å². The Kier molecular flexibility index (Phi) is 3.71. The average Bonchev–Trinajstić information content (AvgIpc) is 3.27. The lowest BCUT2D eigenvalue weighted by Crippen LogP contribution is -2.67. The second-order valence-electron chi connectivity index (χ2n) is 8.91. The summed E-state index contributed by atoms with van der Waals surface area (Å²) in [5, 5.41) is 12.6. The van der Waals surface area contributed by atoms with E-state index in [4.69, 9.17) is 0 Å². The van der Waals surface area contributed by atoms with Gasteiger partial charge in [0.2, 0.25) is 5.43 Å². The smallest absolute Gasteiger partial charge is 0.277 e. The van der Waals surface area contributed by atoms with Gasteiger partial charge in [0.05, 0.1) is 0 Å². The predicted molar refractivity (Wildman–Crippen MR) is 117 cm³/mol. The molecule has 0 spiro atoms. The predicted octanol–water partition coefficient (Wildman–Crippen LogP) is 2.73. The Labute approximate surface area is 184 Å². The first-order valence-electron chi connectivity index (χ1n) is 10.7. The number of benzene rings is 2. The van der Waals surface area contributed by atoms with Crippen LogP contribution < -0.4 is 10.4 Å². The maximum absolute atomic E-state index is 15.0. The van der Waals surface area contributed by atoms with Gasteiger partial charge in [-0.25, -0.2) is 4.39 Å². The Hall–Kier alpha value is -3.61. The standard InChI is InChI=1S/C25H22FN3O3/c1-14-27(2)24(32)22-23(31)21(30)10-11-28(22)29(14)25-16(12-15-6-3-4-7-18(15)25)13-17-19(25)8-5-9-20(17)26/h3-11,14,16,31H,12-13H2,1-2H3. The van der Waals surface area contributed by atoms with E-state index in [1.165, 1.54) is 22.6 Å². The van der Waals surface area contributed by atoms with Gasteiger partial charge in [-0.15, -0.1) is 0 Å². The fraction of sp³-hybridized carbons (Fsp3) is 0.280. The van der Waals surface area contributed by atoms with Crippen molar-refractivity contribution in [2.45, 2.75) is 31.5 Å². The molecule has 6 nitrogen and oxygen atoms in total. The van der Waals surface area contributed by atoms with Crippen LogP contribution in [0.1, 0.15) is 39.7 Å². The van der Waals surface area contributed by atoms with Gasteiger partial charge in [-0.05, 0) is 48.1 Å². The van der Waals surface area contributed by atoms with Gasteiger partial charge in [-0.3, -0.25) is 19.3 Å². The first-order valence-corrected chi connectivity index (χ1v) is 10.7. The quantitative estimate of drug-likeness (QED) is 0.644. The van der Waals surface area contributed by atoms with Gasteiger partial charge in [-0.2, -0.15) is 0 Å². The third kappa shape index (κ3) is 2.08. The van der Waals surface area contributed by atoms with Crippen molar-refractivity contribution in [2.24, 2.45) is 5.92 Å². The summed E-state index contributed by atoms with van der Waals surface area (Å²) >= 11 is 0. The van der Waals surface area contributed by atoms with Crippen LogP contribution >= 0.6 is 0 Å². The molecule has 2 aliphatic carbocycles. The molecule has 2 aromatic carbocycles. The number of carbonyl (C=O) groups is 1. The van der Waals surface area contributed by atoms with Crippen molar-refractivity contribution >= 4 is 5.91 Å². The number of aromatic nitrogens is 1. The van der Waals surface area contributed by atoms with Crippen LogP contribution in [0.25, 0.3) is 0 Å². The molecule has 3 aromatic rings. The Bertz CT molecular complexity index is 1370. The number of amides is 1. The van der Waals surface area contributed by atoms with Crippen molar-refractivity contribution in [3.05, 3.63) is 98.7 Å². The van der Waals surface area contributed by atoms with E-state index in [-0.39, 0.29) is 17.4 Å². The van der Waals surface area contributed by atoms with Crippen LogP contribution in [0.5, 0.6) is 5.75 Å². The van der Waals surface area contributed by atoms with Crippen molar-refractivity contribution in [1.82, 2.24) is 9.58 Å². The largest absolute Gasteiger partial charge is 0.502 e. The van der Waals surface area contributed by atoms with Crippen molar-refractivity contribution < 1.29 is 14.3 Å². The number of hydrogen-bond donors (Lipinski definition) is 1. The highest BCUT2D eigenvalue weighted by Gasteiger charge is 2.60. The molecule has 32 heavy (non-hydrogen) atoms. The molecule has 0 saturated carbocycles. The molecule has 3 unspecified atom stereocenters. The van der Waals surface area contributed by atoms with E-state index < -0.39 is 28.8 Å². The van der Waals surface area contributed by atoms with Gasteiger partial charge in [0.15, 0.2) is 11.4 Å². The normalized spacial score (nSPS) is 25.4. The second kappa shape index (κ2) is 6.22. The molecular formula is C25H22FN3O3. The number of rotatable bonds is 1. The molecule has 2 heterocycles. The zero-order valence-corrected chi connectivity index (χ0v) is 17.7.